The zero-order valence-electron chi connectivity index (χ0n) is 14.5. The molecule has 0 aromatic heterocycles. The average molecular weight is 410 g/mol. The van der Waals surface area contributed by atoms with Crippen molar-refractivity contribution in [3.63, 3.8) is 0 Å². The highest BCUT2D eigenvalue weighted by atomic mass is 35.5. The van der Waals surface area contributed by atoms with Crippen LogP contribution in [0.3, 0.4) is 0 Å². The Balaban J connectivity index is 1.96. The quantitative estimate of drug-likeness (QED) is 0.548. The number of anilines is 1. The second-order valence-electron chi connectivity index (χ2n) is 5.43. The molecule has 2 aromatic rings. The second kappa shape index (κ2) is 9.30. The molecule has 2 rings (SSSR count). The Labute approximate surface area is 166 Å². The summed E-state index contributed by atoms with van der Waals surface area (Å²) in [7, 11) is 1.42. The Kier molecular flexibility index (Phi) is 7.10. The lowest BCUT2D eigenvalue weighted by molar-refractivity contribution is -0.148. The summed E-state index contributed by atoms with van der Waals surface area (Å²) < 4.78 is 10.1. The predicted molar refractivity (Wildman–Crippen MR) is 104 cm³/mol. The minimum Gasteiger partial charge on any atom is -0.504 e. The number of aromatic hydroxyl groups is 1. The van der Waals surface area contributed by atoms with E-state index in [1.165, 1.54) is 32.3 Å². The van der Waals surface area contributed by atoms with Crippen LogP contribution in [0.25, 0.3) is 6.08 Å². The van der Waals surface area contributed by atoms with Crippen LogP contribution in [-0.4, -0.2) is 30.2 Å². The molecule has 6 nitrogen and oxygen atoms in total. The van der Waals surface area contributed by atoms with Gasteiger partial charge in [-0.3, -0.25) is 4.79 Å². The summed E-state index contributed by atoms with van der Waals surface area (Å²) in [5, 5.41) is 12.6. The maximum absolute atomic E-state index is 12.1. The van der Waals surface area contributed by atoms with Gasteiger partial charge in [-0.05, 0) is 42.8 Å². The third-order valence-electron chi connectivity index (χ3n) is 3.49. The summed E-state index contributed by atoms with van der Waals surface area (Å²) in [6.45, 7) is 1.43. The normalized spacial score (nSPS) is 11.9. The Bertz CT molecular complexity index is 882. The number of phenolic OH excluding ortho intramolecular Hbond substituents is 1. The van der Waals surface area contributed by atoms with Gasteiger partial charge in [-0.2, -0.15) is 0 Å². The number of halogens is 2. The average Bonchev–Trinajstić information content (AvgIpc) is 2.64. The van der Waals surface area contributed by atoms with Crippen molar-refractivity contribution in [3.05, 3.63) is 58.1 Å². The highest BCUT2D eigenvalue weighted by Crippen LogP contribution is 2.29. The lowest BCUT2D eigenvalue weighted by Crippen LogP contribution is -2.29. The molecule has 1 atom stereocenters. The zero-order chi connectivity index (χ0) is 20.0. The molecule has 2 aromatic carbocycles. The Hall–Kier alpha value is -2.70. The van der Waals surface area contributed by atoms with E-state index in [0.29, 0.717) is 16.3 Å². The molecule has 0 aliphatic carbocycles. The third-order valence-corrected chi connectivity index (χ3v) is 4.31. The van der Waals surface area contributed by atoms with Gasteiger partial charge in [-0.1, -0.05) is 35.3 Å². The smallest absolute Gasteiger partial charge is 0.331 e. The van der Waals surface area contributed by atoms with E-state index in [2.05, 4.69) is 5.32 Å². The first-order valence-corrected chi connectivity index (χ1v) is 8.58. The highest BCUT2D eigenvalue weighted by molar-refractivity contribution is 6.44. The van der Waals surface area contributed by atoms with Crippen LogP contribution in [0.2, 0.25) is 10.0 Å². The van der Waals surface area contributed by atoms with Gasteiger partial charge >= 0.3 is 5.97 Å². The fourth-order valence-corrected chi connectivity index (χ4v) is 2.41. The maximum Gasteiger partial charge on any atom is 0.331 e. The van der Waals surface area contributed by atoms with Crippen LogP contribution in [0.15, 0.2) is 42.5 Å². The number of methoxy groups -OCH3 is 1. The van der Waals surface area contributed by atoms with Gasteiger partial charge in [0.05, 0.1) is 22.8 Å². The molecule has 8 heteroatoms. The molecular weight excluding hydrogens is 393 g/mol. The maximum atomic E-state index is 12.1. The molecule has 0 heterocycles. The van der Waals surface area contributed by atoms with Crippen LogP contribution in [-0.2, 0) is 14.3 Å². The van der Waals surface area contributed by atoms with Crippen molar-refractivity contribution >= 4 is 46.8 Å². The molecule has 27 heavy (non-hydrogen) atoms. The lowest BCUT2D eigenvalue weighted by atomic mass is 10.2. The van der Waals surface area contributed by atoms with Gasteiger partial charge in [0, 0.05) is 6.08 Å². The van der Waals surface area contributed by atoms with E-state index < -0.39 is 18.0 Å². The van der Waals surface area contributed by atoms with Gasteiger partial charge < -0.3 is 19.9 Å². The van der Waals surface area contributed by atoms with E-state index in [9.17, 15) is 14.7 Å². The number of nitrogens with one attached hydrogen (secondary N) is 1. The van der Waals surface area contributed by atoms with Crippen molar-refractivity contribution in [2.45, 2.75) is 13.0 Å². The number of phenols is 1. The topological polar surface area (TPSA) is 84.9 Å². The van der Waals surface area contributed by atoms with E-state index in [-0.39, 0.29) is 16.5 Å². The Morgan fingerprint density at radius 1 is 1.22 bits per heavy atom. The SMILES string of the molecule is COc1cc(/C=C/C(=O)OC(C)C(=O)Nc2cccc(Cl)c2Cl)ccc1O. The van der Waals surface area contributed by atoms with Crippen LogP contribution in [0, 0.1) is 0 Å². The van der Waals surface area contributed by atoms with Gasteiger partial charge in [0.15, 0.2) is 17.6 Å². The standard InChI is InChI=1S/C19H17Cl2NO5/c1-11(19(25)22-14-5-3-4-13(20)18(14)21)27-17(24)9-7-12-6-8-15(23)16(10-12)26-2/h3-11,23H,1-2H3,(H,22,25)/b9-7+. The third kappa shape index (κ3) is 5.64. The molecule has 142 valence electrons. The number of ether oxygens (including phenoxy) is 2. The van der Waals surface area contributed by atoms with Gasteiger partial charge in [0.2, 0.25) is 0 Å². The number of benzene rings is 2. The molecule has 0 saturated heterocycles. The molecule has 0 spiro atoms. The number of hydrogen-bond donors (Lipinski definition) is 2. The summed E-state index contributed by atoms with van der Waals surface area (Å²) in [5.41, 5.74) is 0.938. The van der Waals surface area contributed by atoms with Gasteiger partial charge in [-0.25, -0.2) is 4.79 Å². The zero-order valence-corrected chi connectivity index (χ0v) is 16.0. The van der Waals surface area contributed by atoms with E-state index >= 15 is 0 Å². The molecule has 0 aliphatic heterocycles. The lowest BCUT2D eigenvalue weighted by Gasteiger charge is -2.13. The Morgan fingerprint density at radius 2 is 1.96 bits per heavy atom. The van der Waals surface area contributed by atoms with Gasteiger partial charge in [0.1, 0.15) is 0 Å². The summed E-state index contributed by atoms with van der Waals surface area (Å²) >= 11 is 11.9. The van der Waals surface area contributed by atoms with Crippen molar-refractivity contribution in [1.82, 2.24) is 0 Å². The predicted octanol–water partition coefficient (Wildman–Crippen LogP) is 4.29. The van der Waals surface area contributed by atoms with Crippen molar-refractivity contribution in [1.29, 1.82) is 0 Å². The van der Waals surface area contributed by atoms with Crippen LogP contribution in [0.4, 0.5) is 5.69 Å². The summed E-state index contributed by atoms with van der Waals surface area (Å²) in [6.07, 6.45) is 1.59. The molecule has 0 saturated carbocycles. The molecule has 0 aliphatic rings. The minimum atomic E-state index is -1.05. The number of rotatable bonds is 6. The van der Waals surface area contributed by atoms with Crippen LogP contribution < -0.4 is 10.1 Å². The number of carbonyl (C=O) groups excluding carboxylic acids is 2. The van der Waals surface area contributed by atoms with Crippen LogP contribution in [0.1, 0.15) is 12.5 Å². The number of esters is 1. The van der Waals surface area contributed by atoms with Gasteiger partial charge in [0.25, 0.3) is 5.91 Å². The fourth-order valence-electron chi connectivity index (χ4n) is 2.06. The van der Waals surface area contributed by atoms with Crippen LogP contribution in [0.5, 0.6) is 11.5 Å². The molecular formula is C19H17Cl2NO5. The minimum absolute atomic E-state index is 0.0119. The van der Waals surface area contributed by atoms with E-state index in [1.807, 2.05) is 0 Å². The monoisotopic (exact) mass is 409 g/mol. The van der Waals surface area contributed by atoms with E-state index in [1.54, 1.807) is 30.3 Å². The largest absolute Gasteiger partial charge is 0.504 e. The van der Waals surface area contributed by atoms with E-state index in [0.717, 1.165) is 0 Å². The molecule has 1 amide bonds. The van der Waals surface area contributed by atoms with Crippen molar-refractivity contribution in [2.24, 2.45) is 0 Å². The molecule has 0 bridgehead atoms. The van der Waals surface area contributed by atoms with Gasteiger partial charge in [-0.15, -0.1) is 0 Å². The highest BCUT2D eigenvalue weighted by Gasteiger charge is 2.18. The first kappa shape index (κ1) is 20.6. The molecule has 1 unspecified atom stereocenters. The molecule has 0 radical (unpaired) electrons. The second-order valence-corrected chi connectivity index (χ2v) is 6.22. The van der Waals surface area contributed by atoms with Crippen molar-refractivity contribution in [3.8, 4) is 11.5 Å². The first-order chi connectivity index (χ1) is 12.8. The van der Waals surface area contributed by atoms with E-state index in [4.69, 9.17) is 32.7 Å². The Morgan fingerprint density at radius 3 is 2.67 bits per heavy atom. The van der Waals surface area contributed by atoms with Crippen molar-refractivity contribution < 1.29 is 24.2 Å². The number of hydrogen-bond acceptors (Lipinski definition) is 5. The van der Waals surface area contributed by atoms with Crippen molar-refractivity contribution in [2.75, 3.05) is 12.4 Å². The molecule has 2 N–H and O–H groups in total. The first-order valence-electron chi connectivity index (χ1n) is 7.82. The number of carbonyl (C=O) groups is 2. The summed E-state index contributed by atoms with van der Waals surface area (Å²) in [6, 6.07) is 9.39. The summed E-state index contributed by atoms with van der Waals surface area (Å²) in [5.74, 6) is -0.993. The molecule has 0 fully saturated rings. The van der Waals surface area contributed by atoms with Crippen LogP contribution >= 0.6 is 23.2 Å². The summed E-state index contributed by atoms with van der Waals surface area (Å²) in [4.78, 5) is 24.1. The fraction of sp³-hybridized carbons (Fsp3) is 0.158. The number of amides is 1.